The average Bonchev–Trinajstić information content (AvgIpc) is 2.17. The average molecular weight is 210 g/mol. The zero-order valence-electron chi connectivity index (χ0n) is 9.81. The molecule has 0 radical (unpaired) electrons. The van der Waals surface area contributed by atoms with E-state index in [1.54, 1.807) is 0 Å². The summed E-state index contributed by atoms with van der Waals surface area (Å²) >= 11 is 0. The number of hydrogen-bond acceptors (Lipinski definition) is 2. The largest absolute Gasteiger partial charge is 0.356 e. The van der Waals surface area contributed by atoms with Gasteiger partial charge in [-0.3, -0.25) is 4.79 Å². The molecule has 0 bridgehead atoms. The monoisotopic (exact) mass is 210 g/mol. The maximum Gasteiger partial charge on any atom is 0.221 e. The highest BCUT2D eigenvalue weighted by molar-refractivity contribution is 5.75. The van der Waals surface area contributed by atoms with Crippen molar-refractivity contribution in [1.82, 2.24) is 10.6 Å². The summed E-state index contributed by atoms with van der Waals surface area (Å²) in [6.45, 7) is 5.62. The second-order valence-electron chi connectivity index (χ2n) is 3.87. The van der Waals surface area contributed by atoms with E-state index in [0.29, 0.717) is 12.5 Å². The van der Waals surface area contributed by atoms with E-state index >= 15 is 0 Å². The van der Waals surface area contributed by atoms with Crippen molar-refractivity contribution in [2.24, 2.45) is 0 Å². The van der Waals surface area contributed by atoms with E-state index in [2.05, 4.69) is 30.4 Å². The highest BCUT2D eigenvalue weighted by Gasteiger charge is 2.00. The number of rotatable bonds is 8. The summed E-state index contributed by atoms with van der Waals surface area (Å²) in [6, 6.07) is 0.438. The lowest BCUT2D eigenvalue weighted by molar-refractivity contribution is -0.121. The van der Waals surface area contributed by atoms with Gasteiger partial charge in [-0.25, -0.2) is 0 Å². The fourth-order valence-corrected chi connectivity index (χ4v) is 1.14. The van der Waals surface area contributed by atoms with Gasteiger partial charge >= 0.3 is 0 Å². The molecule has 86 valence electrons. The van der Waals surface area contributed by atoms with Crippen molar-refractivity contribution in [3.05, 3.63) is 0 Å². The van der Waals surface area contributed by atoms with Crippen molar-refractivity contribution in [3.63, 3.8) is 0 Å². The second-order valence-corrected chi connectivity index (χ2v) is 3.87. The topological polar surface area (TPSA) is 41.1 Å². The summed E-state index contributed by atoms with van der Waals surface area (Å²) in [7, 11) is 0. The summed E-state index contributed by atoms with van der Waals surface area (Å²) in [6.07, 6.45) is 8.42. The summed E-state index contributed by atoms with van der Waals surface area (Å²) in [5, 5.41) is 6.07. The van der Waals surface area contributed by atoms with Crippen LogP contribution in [0.25, 0.3) is 0 Å². The summed E-state index contributed by atoms with van der Waals surface area (Å²) in [5.41, 5.74) is 0. The minimum Gasteiger partial charge on any atom is -0.356 e. The molecular formula is C12H22N2O. The predicted molar refractivity (Wildman–Crippen MR) is 63.4 cm³/mol. The molecule has 1 amide bonds. The number of terminal acetylenes is 1. The van der Waals surface area contributed by atoms with E-state index in [4.69, 9.17) is 6.42 Å². The van der Waals surface area contributed by atoms with Gasteiger partial charge in [0, 0.05) is 32.0 Å². The molecule has 3 nitrogen and oxygen atoms in total. The zero-order chi connectivity index (χ0) is 11.5. The molecule has 0 aromatic rings. The third-order valence-electron chi connectivity index (χ3n) is 1.97. The zero-order valence-corrected chi connectivity index (χ0v) is 9.81. The minimum absolute atomic E-state index is 0.115. The minimum atomic E-state index is 0.115. The molecule has 0 saturated heterocycles. The van der Waals surface area contributed by atoms with E-state index in [1.807, 2.05) is 0 Å². The molecule has 0 aromatic heterocycles. The third kappa shape index (κ3) is 10.9. The number of amides is 1. The molecule has 0 unspecified atom stereocenters. The first kappa shape index (κ1) is 14.0. The van der Waals surface area contributed by atoms with E-state index in [9.17, 15) is 4.79 Å². The second kappa shape index (κ2) is 9.54. The number of nitrogens with one attached hydrogen (secondary N) is 2. The van der Waals surface area contributed by atoms with E-state index in [1.165, 1.54) is 0 Å². The van der Waals surface area contributed by atoms with E-state index in [-0.39, 0.29) is 5.91 Å². The molecule has 3 heteroatoms. The Morgan fingerprint density at radius 2 is 2.07 bits per heavy atom. The standard InChI is InChI=1S/C12H22N2O/c1-4-5-6-7-9-14-12(15)8-10-13-11(2)3/h1,11,13H,5-10H2,2-3H3,(H,14,15). The molecule has 0 aliphatic rings. The predicted octanol–water partition coefficient (Wildman–Crippen LogP) is 1.29. The van der Waals surface area contributed by atoms with Crippen LogP contribution < -0.4 is 10.6 Å². The molecule has 0 spiro atoms. The lowest BCUT2D eigenvalue weighted by Gasteiger charge is -2.08. The molecule has 0 aliphatic heterocycles. The van der Waals surface area contributed by atoms with Crippen LogP contribution in [0.3, 0.4) is 0 Å². The van der Waals surface area contributed by atoms with Gasteiger partial charge in [-0.2, -0.15) is 0 Å². The summed E-state index contributed by atoms with van der Waals surface area (Å²) in [5.74, 6) is 2.69. The highest BCUT2D eigenvalue weighted by atomic mass is 16.1. The van der Waals surface area contributed by atoms with Gasteiger partial charge in [0.2, 0.25) is 5.91 Å². The number of carbonyl (C=O) groups is 1. The molecule has 0 heterocycles. The molecule has 0 saturated carbocycles. The van der Waals surface area contributed by atoms with Gasteiger partial charge in [0.05, 0.1) is 0 Å². The smallest absolute Gasteiger partial charge is 0.221 e. The van der Waals surface area contributed by atoms with Gasteiger partial charge in [0.15, 0.2) is 0 Å². The fourth-order valence-electron chi connectivity index (χ4n) is 1.14. The molecular weight excluding hydrogens is 188 g/mol. The molecule has 0 aliphatic carbocycles. The van der Waals surface area contributed by atoms with Crippen LogP contribution in [0, 0.1) is 12.3 Å². The lowest BCUT2D eigenvalue weighted by atomic mass is 10.2. The summed E-state index contributed by atoms with van der Waals surface area (Å²) in [4.78, 5) is 11.3. The summed E-state index contributed by atoms with van der Waals surface area (Å²) < 4.78 is 0. The van der Waals surface area contributed by atoms with E-state index in [0.717, 1.165) is 32.4 Å². The highest BCUT2D eigenvalue weighted by Crippen LogP contribution is 1.91. The van der Waals surface area contributed by atoms with Crippen molar-refractivity contribution < 1.29 is 4.79 Å². The first-order chi connectivity index (χ1) is 7.16. The number of hydrogen-bond donors (Lipinski definition) is 2. The molecule has 0 rings (SSSR count). The maximum absolute atomic E-state index is 11.3. The Balaban J connectivity index is 3.23. The van der Waals surface area contributed by atoms with Crippen molar-refractivity contribution in [3.8, 4) is 12.3 Å². The molecule has 0 atom stereocenters. The van der Waals surface area contributed by atoms with Crippen LogP contribution >= 0.6 is 0 Å². The number of unbranched alkanes of at least 4 members (excludes halogenated alkanes) is 2. The first-order valence-electron chi connectivity index (χ1n) is 5.60. The van der Waals surface area contributed by atoms with Gasteiger partial charge in [-0.05, 0) is 12.8 Å². The van der Waals surface area contributed by atoms with Crippen LogP contribution in [0.1, 0.15) is 39.5 Å². The Hall–Kier alpha value is -1.01. The van der Waals surface area contributed by atoms with Gasteiger partial charge in [0.25, 0.3) is 0 Å². The van der Waals surface area contributed by atoms with Gasteiger partial charge in [0.1, 0.15) is 0 Å². The van der Waals surface area contributed by atoms with Crippen LogP contribution in [0.4, 0.5) is 0 Å². The van der Waals surface area contributed by atoms with Crippen molar-refractivity contribution in [2.45, 2.75) is 45.6 Å². The van der Waals surface area contributed by atoms with Crippen molar-refractivity contribution in [2.75, 3.05) is 13.1 Å². The van der Waals surface area contributed by atoms with Crippen molar-refractivity contribution in [1.29, 1.82) is 0 Å². The Labute approximate surface area is 93.0 Å². The normalized spacial score (nSPS) is 10.0. The molecule has 0 aromatic carbocycles. The van der Waals surface area contributed by atoms with Crippen LogP contribution in [0.2, 0.25) is 0 Å². The Bertz CT molecular complexity index is 206. The quantitative estimate of drug-likeness (QED) is 0.468. The van der Waals surface area contributed by atoms with E-state index < -0.39 is 0 Å². The van der Waals surface area contributed by atoms with Gasteiger partial charge in [-0.1, -0.05) is 13.8 Å². The van der Waals surface area contributed by atoms with Crippen molar-refractivity contribution >= 4 is 5.91 Å². The Kier molecular flexibility index (Phi) is 8.90. The van der Waals surface area contributed by atoms with Crippen LogP contribution in [0.5, 0.6) is 0 Å². The number of carbonyl (C=O) groups excluding carboxylic acids is 1. The van der Waals surface area contributed by atoms with Gasteiger partial charge in [-0.15, -0.1) is 12.3 Å². The Morgan fingerprint density at radius 1 is 1.33 bits per heavy atom. The van der Waals surface area contributed by atoms with Crippen LogP contribution in [-0.4, -0.2) is 25.0 Å². The SMILES string of the molecule is C#CCCCCNC(=O)CCNC(C)C. The maximum atomic E-state index is 11.3. The van der Waals surface area contributed by atoms with Crippen LogP contribution in [0.15, 0.2) is 0 Å². The Morgan fingerprint density at radius 3 is 2.67 bits per heavy atom. The fraction of sp³-hybridized carbons (Fsp3) is 0.750. The molecule has 15 heavy (non-hydrogen) atoms. The lowest BCUT2D eigenvalue weighted by Crippen LogP contribution is -2.31. The van der Waals surface area contributed by atoms with Crippen LogP contribution in [-0.2, 0) is 4.79 Å². The van der Waals surface area contributed by atoms with Gasteiger partial charge < -0.3 is 10.6 Å². The third-order valence-corrected chi connectivity index (χ3v) is 1.97. The first-order valence-corrected chi connectivity index (χ1v) is 5.60. The molecule has 0 fully saturated rings. The molecule has 2 N–H and O–H groups in total.